The van der Waals surface area contributed by atoms with Crippen LogP contribution in [0.25, 0.3) is 0 Å². The third kappa shape index (κ3) is 3.27. The Morgan fingerprint density at radius 1 is 1.00 bits per heavy atom. The molecular formula is C18H16N2O4. The molecule has 122 valence electrons. The van der Waals surface area contributed by atoms with Gasteiger partial charge >= 0.3 is 0 Å². The number of para-hydroxylation sites is 2. The molecule has 1 fully saturated rings. The van der Waals surface area contributed by atoms with Gasteiger partial charge in [-0.15, -0.1) is 0 Å². The lowest BCUT2D eigenvalue weighted by Crippen LogP contribution is -2.28. The van der Waals surface area contributed by atoms with E-state index in [1.807, 2.05) is 0 Å². The maximum atomic E-state index is 12.2. The Morgan fingerprint density at radius 3 is 2.25 bits per heavy atom. The lowest BCUT2D eigenvalue weighted by atomic mass is 10.1. The maximum absolute atomic E-state index is 12.2. The molecule has 0 unspecified atom stereocenters. The topological polar surface area (TPSA) is 86.7 Å². The number of hydrogen-bond acceptors (Lipinski definition) is 4. The van der Waals surface area contributed by atoms with Crippen molar-refractivity contribution < 1.29 is 19.5 Å². The molecular weight excluding hydrogens is 308 g/mol. The van der Waals surface area contributed by atoms with E-state index >= 15 is 0 Å². The Bertz CT molecular complexity index is 783. The van der Waals surface area contributed by atoms with Gasteiger partial charge in [-0.3, -0.25) is 19.3 Å². The number of rotatable bonds is 4. The van der Waals surface area contributed by atoms with Crippen LogP contribution in [0.3, 0.4) is 0 Å². The molecule has 1 heterocycles. The molecule has 0 bridgehead atoms. The van der Waals surface area contributed by atoms with E-state index in [4.69, 9.17) is 0 Å². The van der Waals surface area contributed by atoms with Crippen molar-refractivity contribution in [1.29, 1.82) is 0 Å². The van der Waals surface area contributed by atoms with Gasteiger partial charge in [-0.05, 0) is 29.8 Å². The second kappa shape index (κ2) is 6.54. The number of phenols is 1. The van der Waals surface area contributed by atoms with Crippen LogP contribution in [-0.4, -0.2) is 27.7 Å². The summed E-state index contributed by atoms with van der Waals surface area (Å²) >= 11 is 0. The zero-order chi connectivity index (χ0) is 17.1. The first-order valence-corrected chi connectivity index (χ1v) is 7.56. The number of anilines is 1. The Morgan fingerprint density at radius 2 is 1.62 bits per heavy atom. The number of nitrogens with one attached hydrogen (secondary N) is 1. The lowest BCUT2D eigenvalue weighted by Gasteiger charge is -2.14. The molecule has 0 atom stereocenters. The second-order valence-corrected chi connectivity index (χ2v) is 5.54. The monoisotopic (exact) mass is 324 g/mol. The van der Waals surface area contributed by atoms with Gasteiger partial charge in [0.25, 0.3) is 5.91 Å². The van der Waals surface area contributed by atoms with Crippen LogP contribution in [0, 0.1) is 0 Å². The van der Waals surface area contributed by atoms with Crippen molar-refractivity contribution in [3.05, 3.63) is 59.7 Å². The number of hydrogen-bond donors (Lipinski definition) is 2. The normalized spacial score (nSPS) is 14.1. The van der Waals surface area contributed by atoms with E-state index in [1.54, 1.807) is 42.5 Å². The first kappa shape index (κ1) is 15.7. The van der Waals surface area contributed by atoms with Gasteiger partial charge in [0.05, 0.1) is 12.2 Å². The minimum absolute atomic E-state index is 0.00599. The first-order valence-electron chi connectivity index (χ1n) is 7.56. The van der Waals surface area contributed by atoms with Crippen LogP contribution in [-0.2, 0) is 16.1 Å². The predicted molar refractivity (Wildman–Crippen MR) is 87.3 cm³/mol. The van der Waals surface area contributed by atoms with Gasteiger partial charge < -0.3 is 10.4 Å². The van der Waals surface area contributed by atoms with Gasteiger partial charge in [0, 0.05) is 18.4 Å². The Balaban J connectivity index is 1.68. The fraction of sp³-hybridized carbons (Fsp3) is 0.167. The number of benzene rings is 2. The van der Waals surface area contributed by atoms with Crippen LogP contribution in [0.5, 0.6) is 5.75 Å². The van der Waals surface area contributed by atoms with E-state index in [0.717, 1.165) is 5.56 Å². The number of carbonyl (C=O) groups is 3. The molecule has 0 aromatic heterocycles. The number of aromatic hydroxyl groups is 1. The molecule has 2 aromatic rings. The van der Waals surface area contributed by atoms with Crippen LogP contribution < -0.4 is 5.32 Å². The molecule has 3 amide bonds. The number of imide groups is 1. The highest BCUT2D eigenvalue weighted by Gasteiger charge is 2.28. The third-order valence-electron chi connectivity index (χ3n) is 3.86. The minimum atomic E-state index is -0.351. The fourth-order valence-corrected chi connectivity index (χ4v) is 2.52. The van der Waals surface area contributed by atoms with Crippen LogP contribution in [0.4, 0.5) is 5.69 Å². The van der Waals surface area contributed by atoms with Crippen molar-refractivity contribution in [2.45, 2.75) is 19.4 Å². The third-order valence-corrected chi connectivity index (χ3v) is 3.86. The molecule has 6 nitrogen and oxygen atoms in total. The fourth-order valence-electron chi connectivity index (χ4n) is 2.52. The number of nitrogens with zero attached hydrogens (tertiary/aromatic N) is 1. The summed E-state index contributed by atoms with van der Waals surface area (Å²) in [5, 5.41) is 12.3. The van der Waals surface area contributed by atoms with Crippen LogP contribution in [0.15, 0.2) is 48.5 Å². The van der Waals surface area contributed by atoms with Crippen LogP contribution in [0.1, 0.15) is 28.8 Å². The Hall–Kier alpha value is -3.15. The Labute approximate surface area is 138 Å². The molecule has 1 aliphatic rings. The number of likely N-dealkylation sites (tertiary alicyclic amines) is 1. The summed E-state index contributed by atoms with van der Waals surface area (Å²) in [5.41, 5.74) is 1.53. The predicted octanol–water partition coefficient (Wildman–Crippen LogP) is 2.29. The van der Waals surface area contributed by atoms with Crippen molar-refractivity contribution in [3.63, 3.8) is 0 Å². The molecule has 2 N–H and O–H groups in total. The minimum Gasteiger partial charge on any atom is -0.506 e. The van der Waals surface area contributed by atoms with Crippen molar-refractivity contribution in [1.82, 2.24) is 4.90 Å². The van der Waals surface area contributed by atoms with E-state index in [9.17, 15) is 19.5 Å². The summed E-state index contributed by atoms with van der Waals surface area (Å²) in [6.07, 6.45) is 0.528. The molecule has 1 saturated heterocycles. The lowest BCUT2D eigenvalue weighted by molar-refractivity contribution is -0.139. The maximum Gasteiger partial charge on any atom is 0.255 e. The summed E-state index contributed by atoms with van der Waals surface area (Å²) < 4.78 is 0. The van der Waals surface area contributed by atoms with Gasteiger partial charge in [-0.1, -0.05) is 24.3 Å². The molecule has 0 saturated carbocycles. The van der Waals surface area contributed by atoms with Gasteiger partial charge in [0.2, 0.25) is 11.8 Å². The van der Waals surface area contributed by atoms with Crippen molar-refractivity contribution in [3.8, 4) is 5.75 Å². The summed E-state index contributed by atoms with van der Waals surface area (Å²) in [6.45, 7) is 0.221. The van der Waals surface area contributed by atoms with Crippen LogP contribution >= 0.6 is 0 Å². The average Bonchev–Trinajstić information content (AvgIpc) is 2.89. The number of phenolic OH excluding ortho intramolecular Hbond substituents is 1. The van der Waals surface area contributed by atoms with E-state index in [2.05, 4.69) is 5.32 Å². The van der Waals surface area contributed by atoms with Gasteiger partial charge in [0.1, 0.15) is 5.75 Å². The smallest absolute Gasteiger partial charge is 0.255 e. The molecule has 1 aliphatic heterocycles. The van der Waals surface area contributed by atoms with Crippen molar-refractivity contribution in [2.75, 3.05) is 5.32 Å². The second-order valence-electron chi connectivity index (χ2n) is 5.54. The molecule has 0 radical (unpaired) electrons. The first-order chi connectivity index (χ1) is 11.5. The summed E-state index contributed by atoms with van der Waals surface area (Å²) in [6, 6.07) is 13.1. The summed E-state index contributed by atoms with van der Waals surface area (Å²) in [5.74, 6) is -0.687. The highest BCUT2D eigenvalue weighted by molar-refractivity contribution is 6.05. The largest absolute Gasteiger partial charge is 0.506 e. The van der Waals surface area contributed by atoms with Crippen molar-refractivity contribution in [2.24, 2.45) is 0 Å². The molecule has 3 rings (SSSR count). The number of carbonyl (C=O) groups excluding carboxylic acids is 3. The standard InChI is InChI=1S/C18H16N2O4/c21-15-4-2-1-3-14(15)19-18(24)13-7-5-12(6-8-13)11-20-16(22)9-10-17(20)23/h1-8,21H,9-11H2,(H,19,24). The zero-order valence-electron chi connectivity index (χ0n) is 12.9. The van der Waals surface area contributed by atoms with E-state index in [1.165, 1.54) is 11.0 Å². The van der Waals surface area contributed by atoms with Crippen molar-refractivity contribution >= 4 is 23.4 Å². The van der Waals surface area contributed by atoms with E-state index < -0.39 is 0 Å². The SMILES string of the molecule is O=C(Nc1ccccc1O)c1ccc(CN2C(=O)CCC2=O)cc1. The molecule has 0 spiro atoms. The quantitative estimate of drug-likeness (QED) is 0.667. The number of amides is 3. The summed E-state index contributed by atoms with van der Waals surface area (Å²) in [4.78, 5) is 36.7. The van der Waals surface area contributed by atoms with Gasteiger partial charge in [0.15, 0.2) is 0 Å². The van der Waals surface area contributed by atoms with E-state index in [0.29, 0.717) is 11.3 Å². The molecule has 24 heavy (non-hydrogen) atoms. The molecule has 0 aliphatic carbocycles. The van der Waals surface area contributed by atoms with Gasteiger partial charge in [-0.2, -0.15) is 0 Å². The van der Waals surface area contributed by atoms with Crippen LogP contribution in [0.2, 0.25) is 0 Å². The average molecular weight is 324 g/mol. The summed E-state index contributed by atoms with van der Waals surface area (Å²) in [7, 11) is 0. The zero-order valence-corrected chi connectivity index (χ0v) is 12.9. The van der Waals surface area contributed by atoms with Gasteiger partial charge in [-0.25, -0.2) is 0 Å². The molecule has 2 aromatic carbocycles. The highest BCUT2D eigenvalue weighted by Crippen LogP contribution is 2.22. The van der Waals surface area contributed by atoms with E-state index in [-0.39, 0.29) is 42.9 Å². The Kier molecular flexibility index (Phi) is 4.29. The highest BCUT2D eigenvalue weighted by atomic mass is 16.3. The molecule has 6 heteroatoms.